The second-order valence-corrected chi connectivity index (χ2v) is 7.22. The lowest BCUT2D eigenvalue weighted by molar-refractivity contribution is -0.137. The van der Waals surface area contributed by atoms with E-state index < -0.39 is 29.3 Å². The lowest BCUT2D eigenvalue weighted by Crippen LogP contribution is -2.32. The van der Waals surface area contributed by atoms with Gasteiger partial charge in [-0.2, -0.15) is 0 Å². The quantitative estimate of drug-likeness (QED) is 0.623. The molecule has 0 saturated heterocycles. The van der Waals surface area contributed by atoms with Gasteiger partial charge >= 0.3 is 0 Å². The van der Waals surface area contributed by atoms with E-state index in [1.54, 1.807) is 23.6 Å². The molecule has 8 heteroatoms. The third kappa shape index (κ3) is 3.54. The summed E-state index contributed by atoms with van der Waals surface area (Å²) in [5.74, 6) is -3.92. The summed E-state index contributed by atoms with van der Waals surface area (Å²) >= 11 is 1.25. The smallest absolute Gasteiger partial charge is 0.278 e. The second kappa shape index (κ2) is 7.56. The van der Waals surface area contributed by atoms with Crippen LogP contribution in [0.5, 0.6) is 0 Å². The minimum absolute atomic E-state index is 0.0696. The molecule has 3 aromatic rings. The van der Waals surface area contributed by atoms with Crippen LogP contribution in [-0.4, -0.2) is 16.7 Å². The van der Waals surface area contributed by atoms with Crippen LogP contribution in [0.15, 0.2) is 65.7 Å². The van der Waals surface area contributed by atoms with Crippen molar-refractivity contribution in [3.05, 3.63) is 93.6 Å². The van der Waals surface area contributed by atoms with Gasteiger partial charge < -0.3 is 5.32 Å². The number of benzene rings is 2. The lowest BCUT2D eigenvalue weighted by Gasteiger charge is -2.16. The van der Waals surface area contributed by atoms with E-state index in [1.165, 1.54) is 35.6 Å². The molecule has 2 aromatic carbocycles. The van der Waals surface area contributed by atoms with Crippen LogP contribution >= 0.6 is 11.3 Å². The molecule has 0 unspecified atom stereocenters. The Hall–Kier alpha value is -3.39. The van der Waals surface area contributed by atoms with Gasteiger partial charge in [0.25, 0.3) is 11.8 Å². The minimum atomic E-state index is -1.09. The number of nitrogens with one attached hydrogen (secondary N) is 1. The molecule has 0 spiro atoms. The molecule has 4 nitrogen and oxygen atoms in total. The SMILES string of the molecule is O=C1C(Nc2ccc(F)c(F)c2)=C(c2cccs2)C(=O)N1Cc1ccccc1F. The van der Waals surface area contributed by atoms with Crippen LogP contribution in [0.2, 0.25) is 0 Å². The molecule has 0 atom stereocenters. The largest absolute Gasteiger partial charge is 0.350 e. The standard InChI is InChI=1S/C21H13F3N2O2S/c22-14-5-2-1-4-12(14)11-26-20(27)18(17-6-3-9-29-17)19(21(26)28)25-13-7-8-15(23)16(24)10-13/h1-10,25H,11H2. The Morgan fingerprint density at radius 1 is 0.862 bits per heavy atom. The van der Waals surface area contributed by atoms with Gasteiger partial charge in [-0.15, -0.1) is 11.3 Å². The Morgan fingerprint density at radius 2 is 1.66 bits per heavy atom. The monoisotopic (exact) mass is 414 g/mol. The first-order chi connectivity index (χ1) is 14.0. The average Bonchev–Trinajstić information content (AvgIpc) is 3.29. The van der Waals surface area contributed by atoms with E-state index in [2.05, 4.69) is 5.32 Å². The van der Waals surface area contributed by atoms with Gasteiger partial charge in [0.15, 0.2) is 11.6 Å². The zero-order valence-electron chi connectivity index (χ0n) is 14.8. The highest BCUT2D eigenvalue weighted by atomic mass is 32.1. The van der Waals surface area contributed by atoms with E-state index in [4.69, 9.17) is 0 Å². The van der Waals surface area contributed by atoms with E-state index in [1.807, 2.05) is 0 Å². The molecule has 0 bridgehead atoms. The number of hydrogen-bond donors (Lipinski definition) is 1. The lowest BCUT2D eigenvalue weighted by atomic mass is 10.1. The van der Waals surface area contributed by atoms with Crippen molar-refractivity contribution in [1.29, 1.82) is 0 Å². The summed E-state index contributed by atoms with van der Waals surface area (Å²) in [6.45, 7) is -0.248. The first-order valence-electron chi connectivity index (χ1n) is 8.55. The minimum Gasteiger partial charge on any atom is -0.350 e. The molecule has 1 aromatic heterocycles. The molecule has 29 heavy (non-hydrogen) atoms. The maximum absolute atomic E-state index is 14.0. The molecular formula is C21H13F3N2O2S. The summed E-state index contributed by atoms with van der Waals surface area (Å²) in [5.41, 5.74) is 0.335. The highest BCUT2D eigenvalue weighted by Gasteiger charge is 2.40. The van der Waals surface area contributed by atoms with Crippen LogP contribution < -0.4 is 5.32 Å². The zero-order chi connectivity index (χ0) is 20.5. The highest BCUT2D eigenvalue weighted by Crippen LogP contribution is 2.34. The number of carbonyl (C=O) groups excluding carboxylic acids is 2. The van der Waals surface area contributed by atoms with Crippen LogP contribution in [0.3, 0.4) is 0 Å². The van der Waals surface area contributed by atoms with Gasteiger partial charge in [-0.3, -0.25) is 14.5 Å². The highest BCUT2D eigenvalue weighted by molar-refractivity contribution is 7.11. The summed E-state index contributed by atoms with van der Waals surface area (Å²) in [6.07, 6.45) is 0. The number of thiophene rings is 1. The van der Waals surface area contributed by atoms with Crippen molar-refractivity contribution in [3.63, 3.8) is 0 Å². The fraction of sp³-hybridized carbons (Fsp3) is 0.0476. The van der Waals surface area contributed by atoms with Crippen molar-refractivity contribution >= 4 is 34.4 Å². The molecule has 1 aliphatic rings. The number of halogens is 3. The number of hydrogen-bond acceptors (Lipinski definition) is 4. The number of amides is 2. The molecule has 146 valence electrons. The molecule has 0 radical (unpaired) electrons. The van der Waals surface area contributed by atoms with Crippen molar-refractivity contribution in [1.82, 2.24) is 4.90 Å². The zero-order valence-corrected chi connectivity index (χ0v) is 15.6. The van der Waals surface area contributed by atoms with Gasteiger partial charge in [0, 0.05) is 22.2 Å². The van der Waals surface area contributed by atoms with E-state index in [-0.39, 0.29) is 29.1 Å². The van der Waals surface area contributed by atoms with Crippen molar-refractivity contribution in [2.45, 2.75) is 6.54 Å². The molecule has 2 heterocycles. The summed E-state index contributed by atoms with van der Waals surface area (Å²) in [4.78, 5) is 27.5. The number of anilines is 1. The number of carbonyl (C=O) groups is 2. The van der Waals surface area contributed by atoms with Crippen LogP contribution in [0.1, 0.15) is 10.4 Å². The van der Waals surface area contributed by atoms with Crippen LogP contribution in [-0.2, 0) is 16.1 Å². The molecule has 1 aliphatic heterocycles. The van der Waals surface area contributed by atoms with Gasteiger partial charge in [-0.05, 0) is 29.6 Å². The topological polar surface area (TPSA) is 49.4 Å². The molecule has 4 rings (SSSR count). The van der Waals surface area contributed by atoms with E-state index >= 15 is 0 Å². The fourth-order valence-electron chi connectivity index (χ4n) is 3.00. The average molecular weight is 414 g/mol. The Morgan fingerprint density at radius 3 is 2.34 bits per heavy atom. The van der Waals surface area contributed by atoms with Crippen LogP contribution in [0.4, 0.5) is 18.9 Å². The molecule has 0 aliphatic carbocycles. The predicted octanol–water partition coefficient (Wildman–Crippen LogP) is 4.56. The summed E-state index contributed by atoms with van der Waals surface area (Å²) in [6, 6.07) is 12.3. The summed E-state index contributed by atoms with van der Waals surface area (Å²) in [5, 5.41) is 4.48. The van der Waals surface area contributed by atoms with Crippen LogP contribution in [0.25, 0.3) is 5.57 Å². The van der Waals surface area contributed by atoms with E-state index in [9.17, 15) is 22.8 Å². The third-order valence-electron chi connectivity index (χ3n) is 4.41. The molecule has 2 amide bonds. The predicted molar refractivity (Wildman–Crippen MR) is 103 cm³/mol. The first kappa shape index (κ1) is 18.9. The van der Waals surface area contributed by atoms with Gasteiger partial charge in [-0.25, -0.2) is 13.2 Å². The fourth-order valence-corrected chi connectivity index (χ4v) is 3.77. The van der Waals surface area contributed by atoms with E-state index in [0.717, 1.165) is 17.0 Å². The van der Waals surface area contributed by atoms with Crippen molar-refractivity contribution < 1.29 is 22.8 Å². The molecule has 0 saturated carbocycles. The molecule has 1 N–H and O–H groups in total. The van der Waals surface area contributed by atoms with Crippen LogP contribution in [0, 0.1) is 17.5 Å². The number of imide groups is 1. The van der Waals surface area contributed by atoms with Crippen molar-refractivity contribution in [2.75, 3.05) is 5.32 Å². The molecule has 0 fully saturated rings. The van der Waals surface area contributed by atoms with Gasteiger partial charge in [0.2, 0.25) is 0 Å². The normalized spacial score (nSPS) is 14.1. The summed E-state index contributed by atoms with van der Waals surface area (Å²) < 4.78 is 40.8. The Kier molecular flexibility index (Phi) is 4.94. The van der Waals surface area contributed by atoms with Gasteiger partial charge in [0.05, 0.1) is 12.1 Å². The Labute approximate surface area is 167 Å². The third-order valence-corrected chi connectivity index (χ3v) is 5.30. The van der Waals surface area contributed by atoms with Crippen molar-refractivity contribution in [3.8, 4) is 0 Å². The molecular weight excluding hydrogens is 401 g/mol. The Balaban J connectivity index is 1.72. The first-order valence-corrected chi connectivity index (χ1v) is 9.43. The second-order valence-electron chi connectivity index (χ2n) is 6.27. The number of rotatable bonds is 5. The number of nitrogens with zero attached hydrogens (tertiary/aromatic N) is 1. The maximum atomic E-state index is 14.0. The van der Waals surface area contributed by atoms with Gasteiger partial charge in [-0.1, -0.05) is 24.3 Å². The Bertz CT molecular complexity index is 1140. The summed E-state index contributed by atoms with van der Waals surface area (Å²) in [7, 11) is 0. The van der Waals surface area contributed by atoms with Crippen molar-refractivity contribution in [2.24, 2.45) is 0 Å². The maximum Gasteiger partial charge on any atom is 0.278 e. The van der Waals surface area contributed by atoms with Gasteiger partial charge in [0.1, 0.15) is 11.5 Å². The van der Waals surface area contributed by atoms with E-state index in [0.29, 0.717) is 4.88 Å².